The summed E-state index contributed by atoms with van der Waals surface area (Å²) in [4.78, 5) is 59.0. The van der Waals surface area contributed by atoms with Gasteiger partial charge in [0.1, 0.15) is 6.04 Å². The van der Waals surface area contributed by atoms with E-state index in [1.54, 1.807) is 19.1 Å². The van der Waals surface area contributed by atoms with Crippen molar-refractivity contribution in [3.8, 4) is 0 Å². The molecule has 0 saturated heterocycles. The van der Waals surface area contributed by atoms with Gasteiger partial charge in [0.15, 0.2) is 0 Å². The van der Waals surface area contributed by atoms with Crippen LogP contribution in [0.25, 0.3) is 0 Å². The molecule has 2 atom stereocenters. The number of ether oxygens (including phenoxy) is 1. The topological polar surface area (TPSA) is 165 Å². The highest BCUT2D eigenvalue weighted by Crippen LogP contribution is 2.27. The molecule has 174 valence electrons. The number of amides is 2. The predicted molar refractivity (Wildman–Crippen MR) is 117 cm³/mol. The zero-order valence-electron chi connectivity index (χ0n) is 17.9. The lowest BCUT2D eigenvalue weighted by Crippen LogP contribution is -2.45. The summed E-state index contributed by atoms with van der Waals surface area (Å²) >= 11 is 0. The Bertz CT molecular complexity index is 1050. The molecule has 0 bridgehead atoms. The molecule has 0 heterocycles. The number of carboxylic acid groups (broad SMARTS) is 1. The van der Waals surface area contributed by atoms with E-state index in [1.165, 1.54) is 43.3 Å². The lowest BCUT2D eigenvalue weighted by molar-refractivity contribution is -0.384. The molecule has 33 heavy (non-hydrogen) atoms. The second-order valence-electron chi connectivity index (χ2n) is 6.98. The molecule has 0 spiro atoms. The molecule has 0 saturated carbocycles. The number of nitrogens with zero attached hydrogens (tertiary/aromatic N) is 1. The summed E-state index contributed by atoms with van der Waals surface area (Å²) in [5, 5.41) is 25.7. The summed E-state index contributed by atoms with van der Waals surface area (Å²) < 4.78 is 4.94. The van der Waals surface area contributed by atoms with Crippen LogP contribution >= 0.6 is 0 Å². The normalized spacial score (nSPS) is 12.2. The first-order valence-corrected chi connectivity index (χ1v) is 9.94. The van der Waals surface area contributed by atoms with Gasteiger partial charge in [-0.3, -0.25) is 24.5 Å². The number of para-hydroxylation sites is 1. The van der Waals surface area contributed by atoms with Crippen molar-refractivity contribution in [3.05, 3.63) is 69.8 Å². The number of hydrogen-bond acceptors (Lipinski definition) is 7. The van der Waals surface area contributed by atoms with Crippen molar-refractivity contribution in [3.63, 3.8) is 0 Å². The standard InChI is InChI=1S/C22H23N3O8/c1-3-33-19(27)12-17(14-8-10-15(11-9-14)25(31)32)20(22(29)30)24-21(28)16-6-4-5-7-18(16)23-13(2)26/h4-11,17,20H,3,12H2,1-2H3,(H,23,26)(H,24,28)(H,29,30)/t17-,20-/m0/s1. The van der Waals surface area contributed by atoms with Gasteiger partial charge >= 0.3 is 11.9 Å². The Balaban J connectivity index is 2.42. The average Bonchev–Trinajstić information content (AvgIpc) is 2.76. The van der Waals surface area contributed by atoms with Crippen LogP contribution in [-0.4, -0.2) is 46.4 Å². The molecule has 0 unspecified atom stereocenters. The molecular weight excluding hydrogens is 434 g/mol. The molecule has 2 rings (SSSR count). The first-order valence-electron chi connectivity index (χ1n) is 9.94. The van der Waals surface area contributed by atoms with Crippen LogP contribution in [-0.2, 0) is 19.1 Å². The monoisotopic (exact) mass is 457 g/mol. The molecule has 0 aromatic heterocycles. The molecule has 2 aromatic rings. The number of rotatable bonds is 10. The first kappa shape index (κ1) is 25.0. The highest BCUT2D eigenvalue weighted by molar-refractivity contribution is 6.04. The molecule has 0 aliphatic rings. The van der Waals surface area contributed by atoms with Crippen LogP contribution in [0.15, 0.2) is 48.5 Å². The van der Waals surface area contributed by atoms with E-state index >= 15 is 0 Å². The number of nitro groups is 1. The SMILES string of the molecule is CCOC(=O)C[C@@H](c1ccc([N+](=O)[O-])cc1)[C@H](NC(=O)c1ccccc1NC(C)=O)C(=O)O. The molecule has 0 fully saturated rings. The zero-order chi connectivity index (χ0) is 24.5. The van der Waals surface area contributed by atoms with Crippen molar-refractivity contribution in [2.45, 2.75) is 32.2 Å². The summed E-state index contributed by atoms with van der Waals surface area (Å²) in [6.45, 7) is 2.92. The lowest BCUT2D eigenvalue weighted by atomic mass is 9.88. The molecule has 0 aliphatic carbocycles. The Labute approximate surface area is 188 Å². The predicted octanol–water partition coefficient (Wildman–Crippen LogP) is 2.47. The summed E-state index contributed by atoms with van der Waals surface area (Å²) in [7, 11) is 0. The number of carbonyl (C=O) groups is 4. The minimum absolute atomic E-state index is 0.0255. The summed E-state index contributed by atoms with van der Waals surface area (Å²) in [6, 6.07) is 9.48. The average molecular weight is 457 g/mol. The summed E-state index contributed by atoms with van der Waals surface area (Å²) in [5.41, 5.74) is 0.284. The van der Waals surface area contributed by atoms with Crippen LogP contribution in [0.2, 0.25) is 0 Å². The van der Waals surface area contributed by atoms with Gasteiger partial charge in [-0.25, -0.2) is 4.79 Å². The van der Waals surface area contributed by atoms with Gasteiger partial charge in [0.2, 0.25) is 5.91 Å². The molecule has 0 aliphatic heterocycles. The van der Waals surface area contributed by atoms with Gasteiger partial charge in [-0.1, -0.05) is 24.3 Å². The van der Waals surface area contributed by atoms with Gasteiger partial charge in [0, 0.05) is 25.0 Å². The Morgan fingerprint density at radius 2 is 1.73 bits per heavy atom. The smallest absolute Gasteiger partial charge is 0.326 e. The van der Waals surface area contributed by atoms with E-state index in [4.69, 9.17) is 4.74 Å². The van der Waals surface area contributed by atoms with Gasteiger partial charge in [-0.15, -0.1) is 0 Å². The minimum atomic E-state index is -1.58. The second kappa shape index (κ2) is 11.4. The van der Waals surface area contributed by atoms with Crippen molar-refractivity contribution >= 4 is 35.1 Å². The number of anilines is 1. The van der Waals surface area contributed by atoms with Crippen LogP contribution in [0, 0.1) is 10.1 Å². The number of nitro benzene ring substituents is 1. The van der Waals surface area contributed by atoms with Gasteiger partial charge in [0.25, 0.3) is 11.6 Å². The molecule has 3 N–H and O–H groups in total. The number of benzene rings is 2. The highest BCUT2D eigenvalue weighted by Gasteiger charge is 2.34. The molecular formula is C22H23N3O8. The highest BCUT2D eigenvalue weighted by atomic mass is 16.6. The Kier molecular flexibility index (Phi) is 8.61. The number of esters is 1. The Morgan fingerprint density at radius 1 is 1.09 bits per heavy atom. The van der Waals surface area contributed by atoms with E-state index < -0.39 is 47.1 Å². The number of aliphatic carboxylic acids is 1. The van der Waals surface area contributed by atoms with E-state index in [1.807, 2.05) is 0 Å². The molecule has 11 heteroatoms. The van der Waals surface area contributed by atoms with Crippen molar-refractivity contribution in [1.29, 1.82) is 0 Å². The van der Waals surface area contributed by atoms with Crippen LogP contribution in [0.5, 0.6) is 0 Å². The fraction of sp³-hybridized carbons (Fsp3) is 0.273. The van der Waals surface area contributed by atoms with Gasteiger partial charge in [-0.2, -0.15) is 0 Å². The third-order valence-electron chi connectivity index (χ3n) is 4.66. The number of carboxylic acids is 1. The van der Waals surface area contributed by atoms with Crippen LogP contribution in [0.1, 0.15) is 42.1 Å². The molecule has 11 nitrogen and oxygen atoms in total. The second-order valence-corrected chi connectivity index (χ2v) is 6.98. The van der Waals surface area contributed by atoms with Crippen LogP contribution in [0.3, 0.4) is 0 Å². The van der Waals surface area contributed by atoms with E-state index in [-0.39, 0.29) is 29.1 Å². The zero-order valence-corrected chi connectivity index (χ0v) is 17.9. The molecule has 0 radical (unpaired) electrons. The van der Waals surface area contributed by atoms with Gasteiger partial charge < -0.3 is 20.5 Å². The third-order valence-corrected chi connectivity index (χ3v) is 4.66. The van der Waals surface area contributed by atoms with Crippen molar-refractivity contribution in [2.24, 2.45) is 0 Å². The van der Waals surface area contributed by atoms with Gasteiger partial charge in [0.05, 0.1) is 29.2 Å². The van der Waals surface area contributed by atoms with E-state index in [2.05, 4.69) is 10.6 Å². The quantitative estimate of drug-likeness (QED) is 0.278. The van der Waals surface area contributed by atoms with Crippen molar-refractivity contribution in [2.75, 3.05) is 11.9 Å². The summed E-state index contributed by atoms with van der Waals surface area (Å²) in [5.74, 6) is -4.41. The van der Waals surface area contributed by atoms with E-state index in [9.17, 15) is 34.4 Å². The number of hydrogen-bond donors (Lipinski definition) is 3. The fourth-order valence-corrected chi connectivity index (χ4v) is 3.20. The maximum atomic E-state index is 12.9. The third kappa shape index (κ3) is 6.86. The maximum Gasteiger partial charge on any atom is 0.326 e. The lowest BCUT2D eigenvalue weighted by Gasteiger charge is -2.25. The number of non-ortho nitro benzene ring substituents is 1. The molecule has 2 aromatic carbocycles. The van der Waals surface area contributed by atoms with Crippen LogP contribution < -0.4 is 10.6 Å². The Morgan fingerprint density at radius 3 is 2.27 bits per heavy atom. The van der Waals surface area contributed by atoms with Crippen molar-refractivity contribution in [1.82, 2.24) is 5.32 Å². The van der Waals surface area contributed by atoms with Crippen molar-refractivity contribution < 1.29 is 33.9 Å². The Hall–Kier alpha value is -4.28. The first-order chi connectivity index (χ1) is 15.6. The fourth-order valence-electron chi connectivity index (χ4n) is 3.20. The van der Waals surface area contributed by atoms with Gasteiger partial charge in [-0.05, 0) is 24.6 Å². The van der Waals surface area contributed by atoms with E-state index in [0.29, 0.717) is 0 Å². The van der Waals surface area contributed by atoms with Crippen LogP contribution in [0.4, 0.5) is 11.4 Å². The maximum absolute atomic E-state index is 12.9. The largest absolute Gasteiger partial charge is 0.480 e. The van der Waals surface area contributed by atoms with E-state index in [0.717, 1.165) is 0 Å². The number of carbonyl (C=O) groups excluding carboxylic acids is 3. The number of nitrogens with one attached hydrogen (secondary N) is 2. The minimum Gasteiger partial charge on any atom is -0.480 e. The molecule has 2 amide bonds. The summed E-state index contributed by atoms with van der Waals surface area (Å²) in [6.07, 6.45) is -0.393.